The van der Waals surface area contributed by atoms with Crippen LogP contribution in [0.4, 0.5) is 13.2 Å². The van der Waals surface area contributed by atoms with E-state index in [9.17, 15) is 18.3 Å². The Bertz CT molecular complexity index is 110. The highest BCUT2D eigenvalue weighted by atomic mass is 19.3. The quantitative estimate of drug-likeness (QED) is 0.565. The summed E-state index contributed by atoms with van der Waals surface area (Å²) in [4.78, 5) is 0. The maximum Gasteiger partial charge on any atom is 0.437 e. The van der Waals surface area contributed by atoms with Crippen LogP contribution in [0.25, 0.3) is 0 Å². The molecule has 0 amide bonds. The fraction of sp³-hybridized carbons (Fsp3) is 0.600. The summed E-state index contributed by atoms with van der Waals surface area (Å²) in [5, 5.41) is 9.44. The average molecular weight is 155 g/mol. The minimum Gasteiger partial charge on any atom is -0.337 e. The average Bonchev–Trinajstić information content (AvgIpc) is 1.80. The summed E-state index contributed by atoms with van der Waals surface area (Å²) < 4.78 is 38.2. The Morgan fingerprint density at radius 1 is 1.70 bits per heavy atom. The second kappa shape index (κ2) is 3.58. The SMILES string of the molecule is C=CCOC(F)C([O])(F)F. The van der Waals surface area contributed by atoms with Gasteiger partial charge in [0.25, 0.3) is 6.36 Å². The number of rotatable bonds is 4. The summed E-state index contributed by atoms with van der Waals surface area (Å²) in [6, 6.07) is 0. The molecule has 0 aliphatic carbocycles. The Balaban J connectivity index is 3.61. The van der Waals surface area contributed by atoms with E-state index in [1.165, 1.54) is 0 Å². The minimum absolute atomic E-state index is 0.404. The van der Waals surface area contributed by atoms with Crippen molar-refractivity contribution in [3.8, 4) is 0 Å². The van der Waals surface area contributed by atoms with Crippen LogP contribution in [0.15, 0.2) is 12.7 Å². The van der Waals surface area contributed by atoms with E-state index in [-0.39, 0.29) is 0 Å². The van der Waals surface area contributed by atoms with E-state index in [2.05, 4.69) is 11.3 Å². The Labute approximate surface area is 55.9 Å². The van der Waals surface area contributed by atoms with Crippen LogP contribution in [0.2, 0.25) is 0 Å². The molecule has 0 N–H and O–H groups in total. The van der Waals surface area contributed by atoms with Crippen molar-refractivity contribution < 1.29 is 23.0 Å². The Kier molecular flexibility index (Phi) is 3.38. The number of ether oxygens (including phenoxy) is 1. The van der Waals surface area contributed by atoms with Gasteiger partial charge in [0.05, 0.1) is 6.61 Å². The molecule has 0 heterocycles. The van der Waals surface area contributed by atoms with Crippen LogP contribution in [-0.2, 0) is 9.84 Å². The lowest BCUT2D eigenvalue weighted by Crippen LogP contribution is -2.30. The van der Waals surface area contributed by atoms with Crippen molar-refractivity contribution in [3.05, 3.63) is 12.7 Å². The first-order valence-corrected chi connectivity index (χ1v) is 2.43. The third-order valence-corrected chi connectivity index (χ3v) is 0.625. The van der Waals surface area contributed by atoms with Crippen molar-refractivity contribution in [2.45, 2.75) is 12.5 Å². The molecular weight excluding hydrogens is 149 g/mol. The highest BCUT2D eigenvalue weighted by Gasteiger charge is 2.40. The van der Waals surface area contributed by atoms with E-state index in [0.717, 1.165) is 6.08 Å². The smallest absolute Gasteiger partial charge is 0.337 e. The molecule has 0 saturated heterocycles. The first-order chi connectivity index (χ1) is 4.48. The third-order valence-electron chi connectivity index (χ3n) is 0.625. The minimum atomic E-state index is -4.68. The van der Waals surface area contributed by atoms with Crippen LogP contribution < -0.4 is 0 Å². The normalized spacial score (nSPS) is 14.8. The predicted octanol–water partition coefficient (Wildman–Crippen LogP) is 1.51. The van der Waals surface area contributed by atoms with E-state index >= 15 is 0 Å². The second-order valence-corrected chi connectivity index (χ2v) is 1.50. The molecule has 0 bridgehead atoms. The van der Waals surface area contributed by atoms with Gasteiger partial charge in [-0.15, -0.1) is 6.58 Å². The molecule has 0 aliphatic heterocycles. The summed E-state index contributed by atoms with van der Waals surface area (Å²) in [5.41, 5.74) is 0. The van der Waals surface area contributed by atoms with E-state index in [4.69, 9.17) is 0 Å². The van der Waals surface area contributed by atoms with E-state index in [0.29, 0.717) is 0 Å². The van der Waals surface area contributed by atoms with Crippen molar-refractivity contribution in [2.75, 3.05) is 6.61 Å². The van der Waals surface area contributed by atoms with Gasteiger partial charge in [0.1, 0.15) is 0 Å². The molecule has 0 aromatic carbocycles. The summed E-state index contributed by atoms with van der Waals surface area (Å²) in [6.45, 7) is 2.67. The van der Waals surface area contributed by atoms with Crippen LogP contribution in [0.1, 0.15) is 0 Å². The van der Waals surface area contributed by atoms with Crippen LogP contribution in [-0.4, -0.2) is 19.1 Å². The number of alkyl halides is 3. The Morgan fingerprint density at radius 2 is 2.20 bits per heavy atom. The van der Waals surface area contributed by atoms with Crippen molar-refractivity contribution in [1.82, 2.24) is 0 Å². The molecule has 0 aliphatic rings. The Morgan fingerprint density at radius 3 is 2.50 bits per heavy atom. The predicted molar refractivity (Wildman–Crippen MR) is 26.7 cm³/mol. The fourth-order valence-electron chi connectivity index (χ4n) is 0.250. The zero-order valence-corrected chi connectivity index (χ0v) is 5.02. The monoisotopic (exact) mass is 155 g/mol. The standard InChI is InChI=1S/C5H6F3O2/c1-2-3-10-4(6)5(7,8)9/h2,4H,1,3H2. The number of hydrogen-bond donors (Lipinski definition) is 0. The molecule has 2 nitrogen and oxygen atoms in total. The maximum absolute atomic E-state index is 11.8. The molecule has 1 atom stereocenters. The van der Waals surface area contributed by atoms with Gasteiger partial charge in [0.15, 0.2) is 0 Å². The van der Waals surface area contributed by atoms with Gasteiger partial charge in [-0.1, -0.05) is 6.08 Å². The molecule has 0 fully saturated rings. The van der Waals surface area contributed by atoms with Crippen LogP contribution >= 0.6 is 0 Å². The fourth-order valence-corrected chi connectivity index (χ4v) is 0.250. The van der Waals surface area contributed by atoms with Gasteiger partial charge in [0.2, 0.25) is 0 Å². The lowest BCUT2D eigenvalue weighted by molar-refractivity contribution is -0.333. The van der Waals surface area contributed by atoms with Crippen molar-refractivity contribution in [3.63, 3.8) is 0 Å². The van der Waals surface area contributed by atoms with Gasteiger partial charge in [-0.3, -0.25) is 0 Å². The summed E-state index contributed by atoms with van der Waals surface area (Å²) in [7, 11) is 0. The molecule has 0 spiro atoms. The molecule has 59 valence electrons. The molecule has 1 radical (unpaired) electrons. The number of hydrogen-bond acceptors (Lipinski definition) is 1. The van der Waals surface area contributed by atoms with Crippen LogP contribution in [0, 0.1) is 0 Å². The molecular formula is C5H6F3O2. The van der Waals surface area contributed by atoms with E-state index < -0.39 is 19.1 Å². The zero-order valence-electron chi connectivity index (χ0n) is 5.02. The molecule has 10 heavy (non-hydrogen) atoms. The molecule has 0 saturated carbocycles. The lowest BCUT2D eigenvalue weighted by Gasteiger charge is -2.10. The topological polar surface area (TPSA) is 29.1 Å². The molecule has 1 unspecified atom stereocenters. The van der Waals surface area contributed by atoms with E-state index in [1.54, 1.807) is 0 Å². The molecule has 0 aromatic heterocycles. The van der Waals surface area contributed by atoms with Crippen molar-refractivity contribution in [2.24, 2.45) is 0 Å². The largest absolute Gasteiger partial charge is 0.437 e. The third kappa shape index (κ3) is 3.47. The highest BCUT2D eigenvalue weighted by molar-refractivity contribution is 4.65. The Hall–Kier alpha value is -0.550. The molecule has 0 aromatic rings. The van der Waals surface area contributed by atoms with Gasteiger partial charge in [0, 0.05) is 0 Å². The van der Waals surface area contributed by atoms with Crippen molar-refractivity contribution in [1.29, 1.82) is 0 Å². The molecule has 5 heteroatoms. The number of halogens is 3. The van der Waals surface area contributed by atoms with Gasteiger partial charge >= 0.3 is 6.11 Å². The van der Waals surface area contributed by atoms with Gasteiger partial charge in [-0.2, -0.15) is 13.9 Å². The first-order valence-electron chi connectivity index (χ1n) is 2.43. The summed E-state index contributed by atoms with van der Waals surface area (Å²) in [5.74, 6) is 0. The first kappa shape index (κ1) is 9.45. The zero-order chi connectivity index (χ0) is 8.20. The van der Waals surface area contributed by atoms with Gasteiger partial charge < -0.3 is 4.74 Å². The summed E-state index contributed by atoms with van der Waals surface area (Å²) in [6.07, 6.45) is -6.70. The summed E-state index contributed by atoms with van der Waals surface area (Å²) >= 11 is 0. The van der Waals surface area contributed by atoms with Crippen LogP contribution in [0.3, 0.4) is 0 Å². The highest BCUT2D eigenvalue weighted by Crippen LogP contribution is 2.18. The second-order valence-electron chi connectivity index (χ2n) is 1.50. The van der Waals surface area contributed by atoms with Crippen molar-refractivity contribution >= 4 is 0 Å². The van der Waals surface area contributed by atoms with E-state index in [1.807, 2.05) is 0 Å². The maximum atomic E-state index is 11.8. The van der Waals surface area contributed by atoms with Gasteiger partial charge in [-0.25, -0.2) is 4.39 Å². The molecule has 0 rings (SSSR count). The van der Waals surface area contributed by atoms with Gasteiger partial charge in [-0.05, 0) is 0 Å². The lowest BCUT2D eigenvalue weighted by atomic mass is 10.6. The van der Waals surface area contributed by atoms with Crippen LogP contribution in [0.5, 0.6) is 0 Å².